The van der Waals surface area contributed by atoms with Gasteiger partial charge in [-0.05, 0) is 38.8 Å². The van der Waals surface area contributed by atoms with Crippen LogP contribution in [0.3, 0.4) is 0 Å². The number of carbonyl (C=O) groups excluding carboxylic acids is 1. The molecule has 0 bridgehead atoms. The minimum Gasteiger partial charge on any atom is -0.486 e. The quantitative estimate of drug-likeness (QED) is 0.676. The van der Waals surface area contributed by atoms with Crippen molar-refractivity contribution < 1.29 is 9.53 Å². The van der Waals surface area contributed by atoms with E-state index in [2.05, 4.69) is 13.8 Å². The number of benzene rings is 1. The fourth-order valence-corrected chi connectivity index (χ4v) is 2.93. The smallest absolute Gasteiger partial charge is 0.170 e. The normalized spacial score (nSPS) is 21.4. The van der Waals surface area contributed by atoms with Gasteiger partial charge in [-0.15, -0.1) is 0 Å². The van der Waals surface area contributed by atoms with Crippen LogP contribution in [0.5, 0.6) is 5.75 Å². The average molecular weight is 274 g/mol. The first-order valence-electron chi connectivity index (χ1n) is 7.87. The van der Waals surface area contributed by atoms with E-state index in [0.717, 1.165) is 29.7 Å². The average Bonchev–Trinajstić information content (AvgIpc) is 2.39. The SMILES string of the molecule is CCCCCCCC1(C)CC(=O)c2cc(C)ccc2O1. The number of Topliss-reactive ketones (excluding diaryl/α,β-unsaturated/α-hetero) is 1. The minimum atomic E-state index is -0.314. The third-order valence-electron chi connectivity index (χ3n) is 4.14. The van der Waals surface area contributed by atoms with Crippen LogP contribution in [0.25, 0.3) is 0 Å². The highest BCUT2D eigenvalue weighted by Gasteiger charge is 2.35. The van der Waals surface area contributed by atoms with E-state index in [1.165, 1.54) is 25.7 Å². The first kappa shape index (κ1) is 15.1. The number of aryl methyl sites for hydroxylation is 1. The molecule has 2 rings (SSSR count). The van der Waals surface area contributed by atoms with E-state index in [1.807, 2.05) is 25.1 Å². The molecule has 0 amide bonds. The lowest BCUT2D eigenvalue weighted by Gasteiger charge is -2.35. The van der Waals surface area contributed by atoms with Gasteiger partial charge in [0.1, 0.15) is 11.4 Å². The Balaban J connectivity index is 1.98. The van der Waals surface area contributed by atoms with Crippen molar-refractivity contribution in [3.05, 3.63) is 29.3 Å². The van der Waals surface area contributed by atoms with Gasteiger partial charge in [0.2, 0.25) is 0 Å². The summed E-state index contributed by atoms with van der Waals surface area (Å²) in [4.78, 5) is 12.3. The maximum Gasteiger partial charge on any atom is 0.170 e. The van der Waals surface area contributed by atoms with E-state index in [4.69, 9.17) is 4.74 Å². The summed E-state index contributed by atoms with van der Waals surface area (Å²) in [5, 5.41) is 0. The van der Waals surface area contributed by atoms with Crippen LogP contribution >= 0.6 is 0 Å². The van der Waals surface area contributed by atoms with Crippen LogP contribution in [0.2, 0.25) is 0 Å². The lowest BCUT2D eigenvalue weighted by molar-refractivity contribution is 0.0453. The van der Waals surface area contributed by atoms with Gasteiger partial charge in [-0.25, -0.2) is 0 Å². The van der Waals surface area contributed by atoms with Crippen molar-refractivity contribution >= 4 is 5.78 Å². The molecule has 0 aliphatic carbocycles. The predicted octanol–water partition coefficient (Wildman–Crippen LogP) is 5.08. The van der Waals surface area contributed by atoms with Gasteiger partial charge < -0.3 is 4.74 Å². The van der Waals surface area contributed by atoms with Crippen molar-refractivity contribution in [1.82, 2.24) is 0 Å². The third-order valence-corrected chi connectivity index (χ3v) is 4.14. The van der Waals surface area contributed by atoms with Gasteiger partial charge in [0.25, 0.3) is 0 Å². The first-order valence-corrected chi connectivity index (χ1v) is 7.87. The molecule has 0 fully saturated rings. The molecular formula is C18H26O2. The van der Waals surface area contributed by atoms with Crippen LogP contribution in [0, 0.1) is 6.92 Å². The molecule has 1 aromatic rings. The number of unbranched alkanes of at least 4 members (excludes halogenated alkanes) is 4. The minimum absolute atomic E-state index is 0.228. The summed E-state index contributed by atoms with van der Waals surface area (Å²) in [5.74, 6) is 0.994. The van der Waals surface area contributed by atoms with E-state index < -0.39 is 0 Å². The zero-order chi connectivity index (χ0) is 14.6. The molecule has 110 valence electrons. The Hall–Kier alpha value is -1.31. The number of fused-ring (bicyclic) bond motifs is 1. The number of hydrogen-bond acceptors (Lipinski definition) is 2. The van der Waals surface area contributed by atoms with Gasteiger partial charge in [0, 0.05) is 0 Å². The second-order valence-corrected chi connectivity index (χ2v) is 6.32. The van der Waals surface area contributed by atoms with Crippen molar-refractivity contribution in [2.24, 2.45) is 0 Å². The molecule has 0 radical (unpaired) electrons. The summed E-state index contributed by atoms with van der Waals surface area (Å²) < 4.78 is 6.13. The number of hydrogen-bond donors (Lipinski definition) is 0. The summed E-state index contributed by atoms with van der Waals surface area (Å²) in [7, 11) is 0. The van der Waals surface area contributed by atoms with Gasteiger partial charge in [0.15, 0.2) is 5.78 Å². The second-order valence-electron chi connectivity index (χ2n) is 6.32. The van der Waals surface area contributed by atoms with Crippen molar-refractivity contribution in [1.29, 1.82) is 0 Å². The van der Waals surface area contributed by atoms with Gasteiger partial charge in [-0.1, -0.05) is 44.2 Å². The molecule has 2 heteroatoms. The van der Waals surface area contributed by atoms with Crippen molar-refractivity contribution in [3.8, 4) is 5.75 Å². The van der Waals surface area contributed by atoms with Crippen molar-refractivity contribution in [3.63, 3.8) is 0 Å². The Morgan fingerprint density at radius 1 is 1.20 bits per heavy atom. The highest BCUT2D eigenvalue weighted by Crippen LogP contribution is 2.36. The molecule has 1 aromatic carbocycles. The van der Waals surface area contributed by atoms with Crippen LogP contribution in [0.15, 0.2) is 18.2 Å². The maximum atomic E-state index is 12.3. The van der Waals surface area contributed by atoms with Gasteiger partial charge in [0.05, 0.1) is 12.0 Å². The summed E-state index contributed by atoms with van der Waals surface area (Å²) in [5.41, 5.74) is 1.56. The van der Waals surface area contributed by atoms with Crippen molar-refractivity contribution in [2.45, 2.75) is 71.3 Å². The van der Waals surface area contributed by atoms with E-state index in [9.17, 15) is 4.79 Å². The fraction of sp³-hybridized carbons (Fsp3) is 0.611. The maximum absolute atomic E-state index is 12.3. The number of rotatable bonds is 6. The summed E-state index contributed by atoms with van der Waals surface area (Å²) >= 11 is 0. The molecule has 1 aliphatic rings. The molecule has 0 saturated heterocycles. The zero-order valence-corrected chi connectivity index (χ0v) is 13.0. The molecule has 0 N–H and O–H groups in total. The van der Waals surface area contributed by atoms with Crippen LogP contribution in [0.1, 0.15) is 74.7 Å². The van der Waals surface area contributed by atoms with Gasteiger partial charge in [-0.3, -0.25) is 4.79 Å². The highest BCUT2D eigenvalue weighted by atomic mass is 16.5. The molecule has 20 heavy (non-hydrogen) atoms. The van der Waals surface area contributed by atoms with Crippen LogP contribution in [-0.2, 0) is 0 Å². The lowest BCUT2D eigenvalue weighted by atomic mass is 9.87. The molecule has 1 heterocycles. The monoisotopic (exact) mass is 274 g/mol. The van der Waals surface area contributed by atoms with E-state index >= 15 is 0 Å². The molecule has 1 aliphatic heterocycles. The van der Waals surface area contributed by atoms with E-state index in [-0.39, 0.29) is 11.4 Å². The van der Waals surface area contributed by atoms with Gasteiger partial charge >= 0.3 is 0 Å². The number of ether oxygens (including phenoxy) is 1. The highest BCUT2D eigenvalue weighted by molar-refractivity contribution is 6.00. The zero-order valence-electron chi connectivity index (χ0n) is 13.0. The Bertz CT molecular complexity index is 478. The predicted molar refractivity (Wildman–Crippen MR) is 82.5 cm³/mol. The van der Waals surface area contributed by atoms with E-state index in [0.29, 0.717) is 6.42 Å². The van der Waals surface area contributed by atoms with Crippen molar-refractivity contribution in [2.75, 3.05) is 0 Å². The molecule has 2 nitrogen and oxygen atoms in total. The number of ketones is 1. The summed E-state index contributed by atoms with van der Waals surface area (Å²) in [6.07, 6.45) is 7.72. The molecule has 0 saturated carbocycles. The summed E-state index contributed by atoms with van der Waals surface area (Å²) in [6, 6.07) is 5.90. The Kier molecular flexibility index (Phi) is 4.85. The topological polar surface area (TPSA) is 26.3 Å². The third kappa shape index (κ3) is 3.62. The van der Waals surface area contributed by atoms with Crippen LogP contribution in [0.4, 0.5) is 0 Å². The Labute approximate surface area is 122 Å². The molecule has 0 aromatic heterocycles. The molecular weight excluding hydrogens is 248 g/mol. The van der Waals surface area contributed by atoms with Crippen LogP contribution < -0.4 is 4.74 Å². The largest absolute Gasteiger partial charge is 0.486 e. The van der Waals surface area contributed by atoms with Crippen LogP contribution in [-0.4, -0.2) is 11.4 Å². The van der Waals surface area contributed by atoms with Gasteiger partial charge in [-0.2, -0.15) is 0 Å². The van der Waals surface area contributed by atoms with E-state index in [1.54, 1.807) is 0 Å². The number of carbonyl (C=O) groups is 1. The molecule has 0 spiro atoms. The lowest BCUT2D eigenvalue weighted by Crippen LogP contribution is -2.39. The molecule has 1 unspecified atom stereocenters. The summed E-state index contributed by atoms with van der Waals surface area (Å²) in [6.45, 7) is 6.31. The molecule has 1 atom stereocenters. The Morgan fingerprint density at radius 3 is 2.70 bits per heavy atom. The fourth-order valence-electron chi connectivity index (χ4n) is 2.93. The standard InChI is InChI=1S/C18H26O2/c1-4-5-6-7-8-11-18(3)13-16(19)15-12-14(2)9-10-17(15)20-18/h9-10,12H,4-8,11,13H2,1-3H3. The second kappa shape index (κ2) is 6.43. The Morgan fingerprint density at radius 2 is 1.95 bits per heavy atom. The first-order chi connectivity index (χ1) is 9.54.